The van der Waals surface area contributed by atoms with Gasteiger partial charge in [0.15, 0.2) is 5.78 Å². The molecule has 0 radical (unpaired) electrons. The van der Waals surface area contributed by atoms with Crippen LogP contribution in [0.25, 0.3) is 6.08 Å². The summed E-state index contributed by atoms with van der Waals surface area (Å²) in [5, 5.41) is 10.7. The average molecular weight is 229 g/mol. The van der Waals surface area contributed by atoms with Gasteiger partial charge in [0.05, 0.1) is 5.97 Å². The van der Waals surface area contributed by atoms with E-state index < -0.39 is 11.8 Å². The number of rotatable bonds is 5. The zero-order valence-electron chi connectivity index (χ0n) is 9.55. The minimum Gasteiger partial charge on any atom is -0.545 e. The highest BCUT2D eigenvalue weighted by Gasteiger charge is 2.05. The number of ketones is 1. The highest BCUT2D eigenvalue weighted by Crippen LogP contribution is 2.04. The van der Waals surface area contributed by atoms with Crippen LogP contribution >= 0.6 is 0 Å². The first-order valence-electron chi connectivity index (χ1n) is 5.34. The molecule has 0 spiro atoms. The van der Waals surface area contributed by atoms with Crippen molar-refractivity contribution in [3.63, 3.8) is 0 Å². The molecule has 0 aliphatic heterocycles. The van der Waals surface area contributed by atoms with E-state index in [-0.39, 0.29) is 5.57 Å². The summed E-state index contributed by atoms with van der Waals surface area (Å²) < 4.78 is 0. The van der Waals surface area contributed by atoms with Crippen molar-refractivity contribution in [1.82, 2.24) is 0 Å². The zero-order chi connectivity index (χ0) is 12.7. The minimum atomic E-state index is -1.44. The minimum absolute atomic E-state index is 0.292. The molecular formula is C14H13O3-. The summed E-state index contributed by atoms with van der Waals surface area (Å²) >= 11 is 0. The van der Waals surface area contributed by atoms with E-state index in [1.165, 1.54) is 12.2 Å². The molecule has 0 aromatic heterocycles. The zero-order valence-corrected chi connectivity index (χ0v) is 9.55. The normalized spacial score (nSPS) is 11.7. The Labute approximate surface area is 100 Å². The van der Waals surface area contributed by atoms with Crippen molar-refractivity contribution < 1.29 is 14.7 Å². The Morgan fingerprint density at radius 3 is 2.41 bits per heavy atom. The lowest BCUT2D eigenvalue weighted by Gasteiger charge is -2.03. The van der Waals surface area contributed by atoms with Crippen molar-refractivity contribution in [1.29, 1.82) is 0 Å². The van der Waals surface area contributed by atoms with Gasteiger partial charge in [-0.15, -0.1) is 0 Å². The van der Waals surface area contributed by atoms with E-state index in [2.05, 4.69) is 0 Å². The van der Waals surface area contributed by atoms with E-state index in [0.29, 0.717) is 6.42 Å². The van der Waals surface area contributed by atoms with Crippen LogP contribution in [-0.4, -0.2) is 11.8 Å². The number of hydrogen-bond donors (Lipinski definition) is 0. The molecule has 0 aliphatic carbocycles. The third-order valence-electron chi connectivity index (χ3n) is 2.12. The predicted octanol–water partition coefficient (Wildman–Crippen LogP) is 1.36. The highest BCUT2D eigenvalue weighted by molar-refractivity contribution is 6.21. The maximum absolute atomic E-state index is 11.6. The molecule has 0 aliphatic rings. The number of benzene rings is 1. The number of carbonyl (C=O) groups excluding carboxylic acids is 2. The molecule has 1 rings (SSSR count). The van der Waals surface area contributed by atoms with Crippen LogP contribution in [0.3, 0.4) is 0 Å². The molecule has 0 atom stereocenters. The Morgan fingerprint density at radius 1 is 1.24 bits per heavy atom. The molecule has 0 amide bonds. The molecular weight excluding hydrogens is 216 g/mol. The summed E-state index contributed by atoms with van der Waals surface area (Å²) in [7, 11) is 0. The number of carboxylic acid groups (broad SMARTS) is 1. The van der Waals surface area contributed by atoms with Gasteiger partial charge in [-0.2, -0.15) is 0 Å². The Bertz CT molecular complexity index is 456. The second-order valence-electron chi connectivity index (χ2n) is 3.42. The van der Waals surface area contributed by atoms with Gasteiger partial charge < -0.3 is 9.90 Å². The van der Waals surface area contributed by atoms with Crippen LogP contribution < -0.4 is 5.11 Å². The largest absolute Gasteiger partial charge is 0.545 e. The summed E-state index contributed by atoms with van der Waals surface area (Å²) in [6.45, 7) is 1.76. The summed E-state index contributed by atoms with van der Waals surface area (Å²) in [6, 6.07) is 9.19. The number of hydrogen-bond acceptors (Lipinski definition) is 3. The third kappa shape index (κ3) is 4.07. The fourth-order valence-corrected chi connectivity index (χ4v) is 1.31. The van der Waals surface area contributed by atoms with E-state index in [9.17, 15) is 14.7 Å². The van der Waals surface area contributed by atoms with Gasteiger partial charge in [0.25, 0.3) is 0 Å². The lowest BCUT2D eigenvalue weighted by atomic mass is 10.1. The standard InChI is InChI=1S/C14H14O3/c1-2-6-12(14(16)17)13(15)10-9-11-7-4-3-5-8-11/h3-10H,2H2,1H3,(H,16,17)/p-1/b10-9+,12-6-. The van der Waals surface area contributed by atoms with Crippen LogP contribution in [0.4, 0.5) is 0 Å². The van der Waals surface area contributed by atoms with Crippen molar-refractivity contribution in [3.8, 4) is 0 Å². The van der Waals surface area contributed by atoms with Crippen LogP contribution in [0, 0.1) is 0 Å². The topological polar surface area (TPSA) is 57.2 Å². The average Bonchev–Trinajstić information content (AvgIpc) is 2.34. The smallest absolute Gasteiger partial charge is 0.187 e. The number of carbonyl (C=O) groups is 2. The molecule has 3 heteroatoms. The van der Waals surface area contributed by atoms with Crippen LogP contribution in [0.1, 0.15) is 18.9 Å². The second kappa shape index (κ2) is 6.43. The molecule has 0 N–H and O–H groups in total. The van der Waals surface area contributed by atoms with Crippen molar-refractivity contribution in [2.45, 2.75) is 13.3 Å². The van der Waals surface area contributed by atoms with Crippen LogP contribution in [0.15, 0.2) is 48.1 Å². The van der Waals surface area contributed by atoms with E-state index in [1.807, 2.05) is 30.3 Å². The van der Waals surface area contributed by atoms with E-state index >= 15 is 0 Å². The molecule has 0 bridgehead atoms. The van der Waals surface area contributed by atoms with Gasteiger partial charge in [-0.3, -0.25) is 4.79 Å². The lowest BCUT2D eigenvalue weighted by Crippen LogP contribution is -2.28. The Balaban J connectivity index is 2.81. The Hall–Kier alpha value is -2.16. The SMILES string of the molecule is CC/C=C(\C(=O)[O-])C(=O)/C=C/c1ccccc1. The van der Waals surface area contributed by atoms with Crippen molar-refractivity contribution in [2.75, 3.05) is 0 Å². The fraction of sp³-hybridized carbons (Fsp3) is 0.143. The molecule has 0 fully saturated rings. The van der Waals surface area contributed by atoms with Gasteiger partial charge in [0.1, 0.15) is 0 Å². The van der Waals surface area contributed by atoms with Gasteiger partial charge in [-0.05, 0) is 18.1 Å². The molecule has 1 aromatic carbocycles. The maximum atomic E-state index is 11.6. The molecule has 17 heavy (non-hydrogen) atoms. The molecule has 1 aromatic rings. The van der Waals surface area contributed by atoms with Crippen LogP contribution in [-0.2, 0) is 9.59 Å². The van der Waals surface area contributed by atoms with Gasteiger partial charge >= 0.3 is 0 Å². The van der Waals surface area contributed by atoms with Gasteiger partial charge in [-0.1, -0.05) is 49.4 Å². The van der Waals surface area contributed by atoms with Crippen molar-refractivity contribution in [3.05, 3.63) is 53.6 Å². The van der Waals surface area contributed by atoms with Crippen LogP contribution in [0.5, 0.6) is 0 Å². The number of carboxylic acids is 1. The number of aliphatic carboxylic acids is 1. The lowest BCUT2D eigenvalue weighted by molar-refractivity contribution is -0.298. The monoisotopic (exact) mass is 229 g/mol. The maximum Gasteiger partial charge on any atom is 0.187 e. The second-order valence-corrected chi connectivity index (χ2v) is 3.42. The van der Waals surface area contributed by atoms with E-state index in [4.69, 9.17) is 0 Å². The molecule has 0 saturated heterocycles. The quantitative estimate of drug-likeness (QED) is 0.435. The fourth-order valence-electron chi connectivity index (χ4n) is 1.31. The van der Waals surface area contributed by atoms with E-state index in [1.54, 1.807) is 13.0 Å². The summed E-state index contributed by atoms with van der Waals surface area (Å²) in [4.78, 5) is 22.3. The highest BCUT2D eigenvalue weighted by atomic mass is 16.4. The molecule has 3 nitrogen and oxygen atoms in total. The molecule has 88 valence electrons. The Morgan fingerprint density at radius 2 is 1.88 bits per heavy atom. The van der Waals surface area contributed by atoms with Crippen molar-refractivity contribution >= 4 is 17.8 Å². The van der Waals surface area contributed by atoms with Crippen molar-refractivity contribution in [2.24, 2.45) is 0 Å². The van der Waals surface area contributed by atoms with Gasteiger partial charge in [-0.25, -0.2) is 0 Å². The molecule has 0 unspecified atom stereocenters. The van der Waals surface area contributed by atoms with Gasteiger partial charge in [0.2, 0.25) is 0 Å². The molecule has 0 saturated carbocycles. The Kier molecular flexibility index (Phi) is 4.88. The molecule has 0 heterocycles. The first-order chi connectivity index (χ1) is 8.15. The van der Waals surface area contributed by atoms with E-state index in [0.717, 1.165) is 5.56 Å². The first kappa shape index (κ1) is 12.9. The van der Waals surface area contributed by atoms with Crippen LogP contribution in [0.2, 0.25) is 0 Å². The number of allylic oxidation sites excluding steroid dienone is 2. The summed E-state index contributed by atoms with van der Waals surface area (Å²) in [6.07, 6.45) is 4.66. The predicted molar refractivity (Wildman–Crippen MR) is 63.9 cm³/mol. The summed E-state index contributed by atoms with van der Waals surface area (Å²) in [5.41, 5.74) is 0.551. The first-order valence-corrected chi connectivity index (χ1v) is 5.34. The summed E-state index contributed by atoms with van der Waals surface area (Å²) in [5.74, 6) is -1.98. The van der Waals surface area contributed by atoms with Gasteiger partial charge in [0, 0.05) is 5.57 Å². The third-order valence-corrected chi connectivity index (χ3v) is 2.12.